The Balaban J connectivity index is 1.72. The number of anilines is 2. The normalized spacial score (nSPS) is 14.8. The minimum atomic E-state index is -0.856. The van der Waals surface area contributed by atoms with Crippen molar-refractivity contribution in [2.75, 3.05) is 23.8 Å². The zero-order valence-electron chi connectivity index (χ0n) is 15.1. The van der Waals surface area contributed by atoms with E-state index in [1.54, 1.807) is 24.9 Å². The molecule has 0 spiro atoms. The predicted molar refractivity (Wildman–Crippen MR) is 99.6 cm³/mol. The molecule has 0 bridgehead atoms. The first-order valence-corrected chi connectivity index (χ1v) is 8.56. The third-order valence-electron chi connectivity index (χ3n) is 4.31. The first-order valence-electron chi connectivity index (χ1n) is 8.56. The average molecular weight is 368 g/mol. The van der Waals surface area contributed by atoms with E-state index in [0.29, 0.717) is 18.8 Å². The SMILES string of the molecule is CC(C)(O)Cn1ccc2cc(N3CCOc4ncnc(N)c4C3=O)cnc21. The fourth-order valence-electron chi connectivity index (χ4n) is 3.17. The molecule has 0 unspecified atom stereocenters. The third kappa shape index (κ3) is 3.17. The Morgan fingerprint density at radius 2 is 2.15 bits per heavy atom. The van der Waals surface area contributed by atoms with Crippen molar-refractivity contribution in [3.63, 3.8) is 0 Å². The summed E-state index contributed by atoms with van der Waals surface area (Å²) in [6, 6.07) is 3.79. The summed E-state index contributed by atoms with van der Waals surface area (Å²) in [5, 5.41) is 10.9. The smallest absolute Gasteiger partial charge is 0.267 e. The van der Waals surface area contributed by atoms with Crippen molar-refractivity contribution in [2.24, 2.45) is 0 Å². The highest BCUT2D eigenvalue weighted by Gasteiger charge is 2.29. The Morgan fingerprint density at radius 1 is 1.33 bits per heavy atom. The van der Waals surface area contributed by atoms with Crippen molar-refractivity contribution in [2.45, 2.75) is 26.0 Å². The highest BCUT2D eigenvalue weighted by molar-refractivity contribution is 6.11. The Bertz CT molecular complexity index is 1020. The molecule has 9 heteroatoms. The summed E-state index contributed by atoms with van der Waals surface area (Å²) in [7, 11) is 0. The Morgan fingerprint density at radius 3 is 2.93 bits per heavy atom. The van der Waals surface area contributed by atoms with Gasteiger partial charge in [-0.15, -0.1) is 0 Å². The molecule has 4 heterocycles. The zero-order valence-corrected chi connectivity index (χ0v) is 15.1. The largest absolute Gasteiger partial charge is 0.475 e. The van der Waals surface area contributed by atoms with Gasteiger partial charge in [-0.25, -0.2) is 15.0 Å². The molecule has 3 N–H and O–H groups in total. The van der Waals surface area contributed by atoms with E-state index in [1.807, 2.05) is 22.9 Å². The minimum Gasteiger partial charge on any atom is -0.475 e. The number of aromatic nitrogens is 4. The first-order chi connectivity index (χ1) is 12.8. The molecule has 1 aliphatic heterocycles. The second-order valence-electron chi connectivity index (χ2n) is 7.11. The fourth-order valence-corrected chi connectivity index (χ4v) is 3.17. The molecule has 0 radical (unpaired) electrons. The van der Waals surface area contributed by atoms with E-state index >= 15 is 0 Å². The number of amides is 1. The molecular formula is C18H20N6O3. The van der Waals surface area contributed by atoms with E-state index in [-0.39, 0.29) is 29.8 Å². The molecule has 0 saturated heterocycles. The van der Waals surface area contributed by atoms with Crippen molar-refractivity contribution >= 4 is 28.4 Å². The maximum absolute atomic E-state index is 13.0. The minimum absolute atomic E-state index is 0.0854. The molecule has 3 aromatic rings. The monoisotopic (exact) mass is 368 g/mol. The number of nitrogen functional groups attached to an aromatic ring is 1. The van der Waals surface area contributed by atoms with Crippen LogP contribution < -0.4 is 15.4 Å². The number of carbonyl (C=O) groups excluding carboxylic acids is 1. The van der Waals surface area contributed by atoms with Crippen LogP contribution in [0.1, 0.15) is 24.2 Å². The van der Waals surface area contributed by atoms with Gasteiger partial charge >= 0.3 is 0 Å². The van der Waals surface area contributed by atoms with Crippen molar-refractivity contribution in [3.8, 4) is 5.88 Å². The van der Waals surface area contributed by atoms with Gasteiger partial charge in [-0.1, -0.05) is 0 Å². The van der Waals surface area contributed by atoms with Crippen LogP contribution in [0.4, 0.5) is 11.5 Å². The topological polar surface area (TPSA) is 119 Å². The van der Waals surface area contributed by atoms with Crippen molar-refractivity contribution in [1.29, 1.82) is 0 Å². The van der Waals surface area contributed by atoms with Gasteiger partial charge in [0.1, 0.15) is 30.0 Å². The van der Waals surface area contributed by atoms with Gasteiger partial charge in [0.05, 0.1) is 30.6 Å². The molecular weight excluding hydrogens is 348 g/mol. The molecule has 4 rings (SSSR count). The maximum Gasteiger partial charge on any atom is 0.267 e. The number of pyridine rings is 1. The summed E-state index contributed by atoms with van der Waals surface area (Å²) in [6.45, 7) is 4.53. The van der Waals surface area contributed by atoms with E-state index in [0.717, 1.165) is 11.0 Å². The summed E-state index contributed by atoms with van der Waals surface area (Å²) in [4.78, 5) is 27.0. The quantitative estimate of drug-likeness (QED) is 0.713. The van der Waals surface area contributed by atoms with Gasteiger partial charge in [0.2, 0.25) is 5.88 Å². The molecule has 3 aromatic heterocycles. The van der Waals surface area contributed by atoms with E-state index in [2.05, 4.69) is 15.0 Å². The van der Waals surface area contributed by atoms with Gasteiger partial charge in [-0.2, -0.15) is 0 Å². The highest BCUT2D eigenvalue weighted by atomic mass is 16.5. The summed E-state index contributed by atoms with van der Waals surface area (Å²) in [5.74, 6) is -0.0414. The van der Waals surface area contributed by atoms with Crippen LogP contribution in [0.5, 0.6) is 5.88 Å². The van der Waals surface area contributed by atoms with Gasteiger partial charge in [0.15, 0.2) is 0 Å². The summed E-state index contributed by atoms with van der Waals surface area (Å²) < 4.78 is 7.43. The Labute approximate surface area is 155 Å². The first kappa shape index (κ1) is 17.2. The van der Waals surface area contributed by atoms with E-state index in [1.165, 1.54) is 6.33 Å². The van der Waals surface area contributed by atoms with Gasteiger partial charge in [-0.05, 0) is 26.0 Å². The van der Waals surface area contributed by atoms with Gasteiger partial charge in [-0.3, -0.25) is 4.79 Å². The molecule has 0 fully saturated rings. The lowest BCUT2D eigenvalue weighted by Gasteiger charge is -2.20. The second-order valence-corrected chi connectivity index (χ2v) is 7.11. The second kappa shape index (κ2) is 6.20. The molecule has 0 aliphatic carbocycles. The number of fused-ring (bicyclic) bond motifs is 2. The van der Waals surface area contributed by atoms with Gasteiger partial charge in [0, 0.05) is 11.6 Å². The number of carbonyl (C=O) groups is 1. The van der Waals surface area contributed by atoms with Crippen LogP contribution in [0.3, 0.4) is 0 Å². The van der Waals surface area contributed by atoms with E-state index in [4.69, 9.17) is 10.5 Å². The van der Waals surface area contributed by atoms with Crippen LogP contribution in [0.25, 0.3) is 11.0 Å². The summed E-state index contributed by atoms with van der Waals surface area (Å²) in [6.07, 6.45) is 4.77. The third-order valence-corrected chi connectivity index (χ3v) is 4.31. The molecule has 1 amide bonds. The average Bonchev–Trinajstić information content (AvgIpc) is 2.89. The fraction of sp³-hybridized carbons (Fsp3) is 0.333. The van der Waals surface area contributed by atoms with Crippen molar-refractivity contribution in [3.05, 3.63) is 36.4 Å². The lowest BCUT2D eigenvalue weighted by atomic mass is 10.1. The highest BCUT2D eigenvalue weighted by Crippen LogP contribution is 2.29. The number of nitrogens with zero attached hydrogens (tertiary/aromatic N) is 5. The molecule has 9 nitrogen and oxygen atoms in total. The molecule has 27 heavy (non-hydrogen) atoms. The van der Waals surface area contributed by atoms with Gasteiger partial charge in [0.25, 0.3) is 5.91 Å². The Kier molecular flexibility index (Phi) is 3.96. The van der Waals surface area contributed by atoms with Crippen LogP contribution in [0.2, 0.25) is 0 Å². The number of rotatable bonds is 3. The van der Waals surface area contributed by atoms with E-state index < -0.39 is 5.60 Å². The molecule has 1 aliphatic rings. The number of aliphatic hydroxyl groups is 1. The van der Waals surface area contributed by atoms with Crippen molar-refractivity contribution < 1.29 is 14.6 Å². The van der Waals surface area contributed by atoms with Crippen LogP contribution >= 0.6 is 0 Å². The Hall–Kier alpha value is -3.20. The molecule has 0 saturated carbocycles. The van der Waals surface area contributed by atoms with Gasteiger partial charge < -0.3 is 25.0 Å². The number of hydrogen-bond donors (Lipinski definition) is 2. The summed E-state index contributed by atoms with van der Waals surface area (Å²) in [5.41, 5.74) is 6.55. The van der Waals surface area contributed by atoms with E-state index in [9.17, 15) is 9.90 Å². The van der Waals surface area contributed by atoms with Crippen LogP contribution in [0.15, 0.2) is 30.9 Å². The molecule has 0 aromatic carbocycles. The van der Waals surface area contributed by atoms with Crippen molar-refractivity contribution in [1.82, 2.24) is 19.5 Å². The lowest BCUT2D eigenvalue weighted by molar-refractivity contribution is 0.0627. The lowest BCUT2D eigenvalue weighted by Crippen LogP contribution is -2.33. The number of nitrogens with two attached hydrogens (primary N) is 1. The number of ether oxygens (including phenoxy) is 1. The maximum atomic E-state index is 13.0. The standard InChI is InChI=1S/C18H20N6O3/c1-18(2,26)9-23-4-3-11-7-12(8-20-15(11)23)24-5-6-27-16-13(17(24)25)14(19)21-10-22-16/h3-4,7-8,10,26H,5-6,9H2,1-2H3,(H2,19,21,22). The molecule has 0 atom stereocenters. The summed E-state index contributed by atoms with van der Waals surface area (Å²) >= 11 is 0. The molecule has 140 valence electrons. The van der Waals surface area contributed by atoms with Crippen LogP contribution in [0, 0.1) is 0 Å². The zero-order chi connectivity index (χ0) is 19.2. The number of hydrogen-bond acceptors (Lipinski definition) is 7. The van der Waals surface area contributed by atoms with Crippen LogP contribution in [-0.4, -0.2) is 49.3 Å². The predicted octanol–water partition coefficient (Wildman–Crippen LogP) is 1.22. The van der Waals surface area contributed by atoms with Crippen LogP contribution in [-0.2, 0) is 6.54 Å².